The molecule has 0 spiro atoms. The first kappa shape index (κ1) is 14.7. The molecule has 0 radical (unpaired) electrons. The molecule has 2 N–H and O–H groups in total. The van der Waals surface area contributed by atoms with Crippen LogP contribution in [0.25, 0.3) is 0 Å². The van der Waals surface area contributed by atoms with Crippen LogP contribution in [-0.4, -0.2) is 23.7 Å². The molecular formula is C15H23NO2. The smallest absolute Gasteiger partial charge is 0.251 e. The number of hydrogen-bond donors (Lipinski definition) is 2. The van der Waals surface area contributed by atoms with Crippen LogP contribution in [0.1, 0.15) is 50.0 Å². The van der Waals surface area contributed by atoms with E-state index in [1.54, 1.807) is 6.92 Å². The number of carbonyl (C=O) groups excluding carboxylic acids is 1. The van der Waals surface area contributed by atoms with Crippen LogP contribution in [0.2, 0.25) is 0 Å². The lowest BCUT2D eigenvalue weighted by atomic mass is 9.82. The molecule has 0 heterocycles. The molecule has 1 aromatic carbocycles. The van der Waals surface area contributed by atoms with E-state index in [4.69, 9.17) is 5.11 Å². The number of amides is 1. The van der Waals surface area contributed by atoms with E-state index in [-0.39, 0.29) is 24.0 Å². The second kappa shape index (κ2) is 6.01. The van der Waals surface area contributed by atoms with Crippen molar-refractivity contribution < 1.29 is 9.90 Å². The summed E-state index contributed by atoms with van der Waals surface area (Å²) in [4.78, 5) is 11.8. The van der Waals surface area contributed by atoms with Gasteiger partial charge in [-0.2, -0.15) is 0 Å². The molecule has 1 rings (SSSR count). The van der Waals surface area contributed by atoms with Gasteiger partial charge in [0.2, 0.25) is 0 Å². The molecular weight excluding hydrogens is 226 g/mol. The lowest BCUT2D eigenvalue weighted by Gasteiger charge is -2.23. The first-order chi connectivity index (χ1) is 8.40. The molecule has 1 atom stereocenters. The molecule has 0 aliphatic carbocycles. The average Bonchev–Trinajstić information content (AvgIpc) is 2.38. The zero-order valence-electron chi connectivity index (χ0n) is 11.7. The van der Waals surface area contributed by atoms with Crippen molar-refractivity contribution in [1.29, 1.82) is 0 Å². The van der Waals surface area contributed by atoms with Crippen LogP contribution in [0, 0.1) is 0 Å². The van der Waals surface area contributed by atoms with Crippen molar-refractivity contribution in [2.45, 2.75) is 45.6 Å². The first-order valence-electron chi connectivity index (χ1n) is 6.43. The minimum atomic E-state index is -0.218. The molecule has 0 bridgehead atoms. The molecule has 0 fully saturated rings. The van der Waals surface area contributed by atoms with Gasteiger partial charge in [0.25, 0.3) is 5.91 Å². The molecule has 0 saturated carbocycles. The van der Waals surface area contributed by atoms with Gasteiger partial charge in [-0.1, -0.05) is 32.9 Å². The van der Waals surface area contributed by atoms with E-state index in [1.807, 2.05) is 24.3 Å². The summed E-state index contributed by atoms with van der Waals surface area (Å²) in [6, 6.07) is 7.46. The van der Waals surface area contributed by atoms with Gasteiger partial charge in [0, 0.05) is 11.6 Å². The third-order valence-corrected chi connectivity index (χ3v) is 3.46. The summed E-state index contributed by atoms with van der Waals surface area (Å²) in [6.45, 7) is 8.26. The fraction of sp³-hybridized carbons (Fsp3) is 0.533. The lowest BCUT2D eigenvalue weighted by Crippen LogP contribution is -2.35. The maximum Gasteiger partial charge on any atom is 0.251 e. The standard InChI is InChI=1S/C15H23NO2/c1-5-15(3,4)13-8-6-12(7-9-13)14(18)16-11(2)10-17/h6-9,11,17H,5,10H2,1-4H3,(H,16,18). The minimum Gasteiger partial charge on any atom is -0.394 e. The topological polar surface area (TPSA) is 49.3 Å². The van der Waals surface area contributed by atoms with Crippen LogP contribution in [-0.2, 0) is 5.41 Å². The van der Waals surface area contributed by atoms with Crippen LogP contribution in [0.4, 0.5) is 0 Å². The van der Waals surface area contributed by atoms with Crippen LogP contribution < -0.4 is 5.32 Å². The molecule has 0 aromatic heterocycles. The second-order valence-corrected chi connectivity index (χ2v) is 5.37. The van der Waals surface area contributed by atoms with Gasteiger partial charge in [-0.3, -0.25) is 4.79 Å². The molecule has 3 nitrogen and oxygen atoms in total. The summed E-state index contributed by atoms with van der Waals surface area (Å²) in [5.41, 5.74) is 2.00. The highest BCUT2D eigenvalue weighted by Gasteiger charge is 2.18. The Morgan fingerprint density at radius 2 is 1.89 bits per heavy atom. The van der Waals surface area contributed by atoms with E-state index in [9.17, 15) is 4.79 Å². The molecule has 1 unspecified atom stereocenters. The maximum atomic E-state index is 11.8. The molecule has 18 heavy (non-hydrogen) atoms. The minimum absolute atomic E-state index is 0.0489. The highest BCUT2D eigenvalue weighted by molar-refractivity contribution is 5.94. The fourth-order valence-corrected chi connectivity index (χ4v) is 1.63. The normalized spacial score (nSPS) is 13.2. The Bertz CT molecular complexity index is 395. The first-order valence-corrected chi connectivity index (χ1v) is 6.43. The summed E-state index contributed by atoms with van der Waals surface area (Å²) in [7, 11) is 0. The van der Waals surface area contributed by atoms with Crippen LogP contribution in [0.3, 0.4) is 0 Å². The monoisotopic (exact) mass is 249 g/mol. The van der Waals surface area contributed by atoms with Crippen molar-refractivity contribution in [2.75, 3.05) is 6.61 Å². The third kappa shape index (κ3) is 3.57. The summed E-state index contributed by atoms with van der Waals surface area (Å²) in [5, 5.41) is 11.6. The summed E-state index contributed by atoms with van der Waals surface area (Å²) < 4.78 is 0. The van der Waals surface area contributed by atoms with E-state index < -0.39 is 0 Å². The Morgan fingerprint density at radius 3 is 2.33 bits per heavy atom. The van der Waals surface area contributed by atoms with E-state index in [1.165, 1.54) is 5.56 Å². The van der Waals surface area contributed by atoms with Crippen LogP contribution in [0.15, 0.2) is 24.3 Å². The Kier molecular flexibility index (Phi) is 4.91. The zero-order valence-corrected chi connectivity index (χ0v) is 11.7. The molecule has 1 aromatic rings. The van der Waals surface area contributed by atoms with Crippen LogP contribution >= 0.6 is 0 Å². The van der Waals surface area contributed by atoms with Gasteiger partial charge in [-0.05, 0) is 36.5 Å². The summed E-state index contributed by atoms with van der Waals surface area (Å²) in [6.07, 6.45) is 1.06. The van der Waals surface area contributed by atoms with Crippen molar-refractivity contribution in [3.05, 3.63) is 35.4 Å². The van der Waals surface area contributed by atoms with Crippen molar-refractivity contribution in [3.8, 4) is 0 Å². The van der Waals surface area contributed by atoms with E-state index in [2.05, 4.69) is 26.1 Å². The van der Waals surface area contributed by atoms with Crippen LogP contribution in [0.5, 0.6) is 0 Å². The SMILES string of the molecule is CCC(C)(C)c1ccc(C(=O)NC(C)CO)cc1. The Morgan fingerprint density at radius 1 is 1.33 bits per heavy atom. The zero-order chi connectivity index (χ0) is 13.8. The number of nitrogens with one attached hydrogen (secondary N) is 1. The van der Waals surface area contributed by atoms with Gasteiger partial charge in [0.05, 0.1) is 6.61 Å². The van der Waals surface area contributed by atoms with Gasteiger partial charge in [-0.15, -0.1) is 0 Å². The van der Waals surface area contributed by atoms with Crippen molar-refractivity contribution in [3.63, 3.8) is 0 Å². The number of hydrogen-bond acceptors (Lipinski definition) is 2. The van der Waals surface area contributed by atoms with Gasteiger partial charge < -0.3 is 10.4 Å². The number of rotatable bonds is 5. The Balaban J connectivity index is 2.80. The predicted octanol–water partition coefficient (Wildman–Crippen LogP) is 2.48. The molecule has 0 aliphatic rings. The molecule has 3 heteroatoms. The molecule has 100 valence electrons. The third-order valence-electron chi connectivity index (χ3n) is 3.46. The van der Waals surface area contributed by atoms with Crippen molar-refractivity contribution >= 4 is 5.91 Å². The lowest BCUT2D eigenvalue weighted by molar-refractivity contribution is 0.0922. The van der Waals surface area contributed by atoms with E-state index in [0.717, 1.165) is 6.42 Å². The molecule has 0 aliphatic heterocycles. The Hall–Kier alpha value is -1.35. The van der Waals surface area contributed by atoms with E-state index in [0.29, 0.717) is 5.56 Å². The molecule has 0 saturated heterocycles. The molecule has 1 amide bonds. The number of aliphatic hydroxyl groups excluding tert-OH is 1. The second-order valence-electron chi connectivity index (χ2n) is 5.37. The number of benzene rings is 1. The van der Waals surface area contributed by atoms with Crippen molar-refractivity contribution in [2.24, 2.45) is 0 Å². The fourth-order valence-electron chi connectivity index (χ4n) is 1.63. The summed E-state index contributed by atoms with van der Waals surface area (Å²) >= 11 is 0. The van der Waals surface area contributed by atoms with Crippen molar-refractivity contribution in [1.82, 2.24) is 5.32 Å². The van der Waals surface area contributed by atoms with Gasteiger partial charge >= 0.3 is 0 Å². The Labute approximate surface area is 109 Å². The maximum absolute atomic E-state index is 11.8. The quantitative estimate of drug-likeness (QED) is 0.842. The predicted molar refractivity (Wildman–Crippen MR) is 73.8 cm³/mol. The van der Waals surface area contributed by atoms with Gasteiger partial charge in [0.1, 0.15) is 0 Å². The largest absolute Gasteiger partial charge is 0.394 e. The average molecular weight is 249 g/mol. The van der Waals surface area contributed by atoms with Gasteiger partial charge in [0.15, 0.2) is 0 Å². The summed E-state index contributed by atoms with van der Waals surface area (Å²) in [5.74, 6) is -0.141. The highest BCUT2D eigenvalue weighted by atomic mass is 16.3. The van der Waals surface area contributed by atoms with Gasteiger partial charge in [-0.25, -0.2) is 0 Å². The number of carbonyl (C=O) groups is 1. The van der Waals surface area contributed by atoms with E-state index >= 15 is 0 Å². The number of aliphatic hydroxyl groups is 1. The highest BCUT2D eigenvalue weighted by Crippen LogP contribution is 2.26.